The van der Waals surface area contributed by atoms with Gasteiger partial charge in [-0.05, 0) is 25.8 Å². The number of nitrogens with zero attached hydrogens (tertiary/aromatic N) is 1. The summed E-state index contributed by atoms with van der Waals surface area (Å²) in [6, 6.07) is 0. The van der Waals surface area contributed by atoms with E-state index >= 15 is 0 Å². The number of ether oxygens (including phenoxy) is 1. The van der Waals surface area contributed by atoms with Gasteiger partial charge in [0.25, 0.3) is 0 Å². The van der Waals surface area contributed by atoms with Crippen molar-refractivity contribution < 1.29 is 4.74 Å². The Morgan fingerprint density at radius 2 is 2.31 bits per heavy atom. The molecule has 1 rings (SSSR count). The van der Waals surface area contributed by atoms with Gasteiger partial charge in [0.1, 0.15) is 0 Å². The summed E-state index contributed by atoms with van der Waals surface area (Å²) in [5.41, 5.74) is 0. The Balaban J connectivity index is 2.19. The van der Waals surface area contributed by atoms with Gasteiger partial charge in [-0.15, -0.1) is 11.6 Å². The van der Waals surface area contributed by atoms with Crippen molar-refractivity contribution in [1.82, 2.24) is 4.90 Å². The van der Waals surface area contributed by atoms with Crippen molar-refractivity contribution in [2.45, 2.75) is 32.3 Å². The van der Waals surface area contributed by atoms with Crippen LogP contribution >= 0.6 is 11.6 Å². The molecule has 0 N–H and O–H groups in total. The van der Waals surface area contributed by atoms with E-state index in [2.05, 4.69) is 11.8 Å². The van der Waals surface area contributed by atoms with Gasteiger partial charge in [-0.2, -0.15) is 0 Å². The average molecular weight is 206 g/mol. The Morgan fingerprint density at radius 3 is 2.85 bits per heavy atom. The highest BCUT2D eigenvalue weighted by Gasteiger charge is 2.18. The Kier molecular flexibility index (Phi) is 5.76. The Morgan fingerprint density at radius 1 is 1.46 bits per heavy atom. The Bertz CT molecular complexity index is 120. The molecule has 1 saturated heterocycles. The summed E-state index contributed by atoms with van der Waals surface area (Å²) >= 11 is 5.73. The van der Waals surface area contributed by atoms with E-state index < -0.39 is 0 Å². The molecule has 1 aliphatic heterocycles. The second kappa shape index (κ2) is 6.63. The summed E-state index contributed by atoms with van der Waals surface area (Å²) < 4.78 is 5.59. The molecule has 0 aromatic heterocycles. The zero-order chi connectivity index (χ0) is 9.52. The van der Waals surface area contributed by atoms with Gasteiger partial charge in [0.05, 0.1) is 6.10 Å². The fourth-order valence-electron chi connectivity index (χ4n) is 1.81. The van der Waals surface area contributed by atoms with Crippen LogP contribution in [0.15, 0.2) is 0 Å². The number of rotatable bonds is 6. The molecule has 1 heterocycles. The molecule has 78 valence electrons. The molecule has 0 saturated carbocycles. The summed E-state index contributed by atoms with van der Waals surface area (Å²) in [4.78, 5) is 2.41. The number of hydrogen-bond donors (Lipinski definition) is 0. The lowest BCUT2D eigenvalue weighted by Gasteiger charge is -2.23. The molecule has 0 aromatic rings. The SMILES string of the molecule is CCCN(CCCl)CC1CCCO1. The van der Waals surface area contributed by atoms with Crippen LogP contribution in [0.2, 0.25) is 0 Å². The molecular formula is C10H20ClNO. The van der Waals surface area contributed by atoms with Gasteiger partial charge in [-0.3, -0.25) is 4.90 Å². The van der Waals surface area contributed by atoms with Crippen LogP contribution in [-0.2, 0) is 4.74 Å². The third kappa shape index (κ3) is 4.30. The van der Waals surface area contributed by atoms with Crippen LogP contribution < -0.4 is 0 Å². The highest BCUT2D eigenvalue weighted by Crippen LogP contribution is 2.13. The van der Waals surface area contributed by atoms with Gasteiger partial charge in [0, 0.05) is 25.6 Å². The molecule has 1 aliphatic rings. The van der Waals surface area contributed by atoms with E-state index in [0.29, 0.717) is 6.10 Å². The van der Waals surface area contributed by atoms with Gasteiger partial charge in [0.15, 0.2) is 0 Å². The third-order valence-electron chi connectivity index (χ3n) is 2.43. The van der Waals surface area contributed by atoms with Crippen molar-refractivity contribution >= 4 is 11.6 Å². The lowest BCUT2D eigenvalue weighted by Crippen LogP contribution is -2.34. The first-order valence-electron chi connectivity index (χ1n) is 5.26. The molecule has 0 spiro atoms. The highest BCUT2D eigenvalue weighted by atomic mass is 35.5. The normalized spacial score (nSPS) is 22.8. The van der Waals surface area contributed by atoms with Crippen molar-refractivity contribution in [1.29, 1.82) is 0 Å². The van der Waals surface area contributed by atoms with Gasteiger partial charge in [-0.25, -0.2) is 0 Å². The summed E-state index contributed by atoms with van der Waals surface area (Å²) in [7, 11) is 0. The van der Waals surface area contributed by atoms with E-state index in [1.807, 2.05) is 0 Å². The first-order chi connectivity index (χ1) is 6.36. The van der Waals surface area contributed by atoms with Gasteiger partial charge < -0.3 is 4.74 Å². The quantitative estimate of drug-likeness (QED) is 0.616. The minimum atomic E-state index is 0.467. The standard InChI is InChI=1S/C10H20ClNO/c1-2-6-12(7-5-11)9-10-4-3-8-13-10/h10H,2-9H2,1H3. The van der Waals surface area contributed by atoms with Crippen molar-refractivity contribution in [3.8, 4) is 0 Å². The largest absolute Gasteiger partial charge is 0.377 e. The van der Waals surface area contributed by atoms with Crippen LogP contribution in [0.3, 0.4) is 0 Å². The lowest BCUT2D eigenvalue weighted by atomic mass is 10.2. The second-order valence-electron chi connectivity index (χ2n) is 3.62. The topological polar surface area (TPSA) is 12.5 Å². The molecule has 13 heavy (non-hydrogen) atoms. The van der Waals surface area contributed by atoms with Crippen molar-refractivity contribution in [2.75, 3.05) is 32.1 Å². The summed E-state index contributed by atoms with van der Waals surface area (Å²) in [5, 5.41) is 0. The van der Waals surface area contributed by atoms with E-state index in [-0.39, 0.29) is 0 Å². The van der Waals surface area contributed by atoms with E-state index in [1.54, 1.807) is 0 Å². The average Bonchev–Trinajstić information content (AvgIpc) is 2.58. The van der Waals surface area contributed by atoms with E-state index in [9.17, 15) is 0 Å². The molecule has 0 bridgehead atoms. The van der Waals surface area contributed by atoms with E-state index in [0.717, 1.165) is 32.1 Å². The van der Waals surface area contributed by atoms with Crippen molar-refractivity contribution in [3.63, 3.8) is 0 Å². The molecule has 3 heteroatoms. The smallest absolute Gasteiger partial charge is 0.0702 e. The minimum Gasteiger partial charge on any atom is -0.377 e. The van der Waals surface area contributed by atoms with Crippen molar-refractivity contribution in [3.05, 3.63) is 0 Å². The predicted molar refractivity (Wildman–Crippen MR) is 56.4 cm³/mol. The third-order valence-corrected chi connectivity index (χ3v) is 2.60. The van der Waals surface area contributed by atoms with Gasteiger partial charge in [0.2, 0.25) is 0 Å². The first kappa shape index (κ1) is 11.3. The minimum absolute atomic E-state index is 0.467. The Labute approximate surface area is 86.2 Å². The Hall–Kier alpha value is 0.210. The molecule has 1 fully saturated rings. The van der Waals surface area contributed by atoms with Crippen LogP contribution in [-0.4, -0.2) is 43.1 Å². The highest BCUT2D eigenvalue weighted by molar-refractivity contribution is 6.18. The summed E-state index contributed by atoms with van der Waals surface area (Å²) in [5.74, 6) is 0.729. The number of hydrogen-bond acceptors (Lipinski definition) is 2. The monoisotopic (exact) mass is 205 g/mol. The lowest BCUT2D eigenvalue weighted by molar-refractivity contribution is 0.0751. The molecular weight excluding hydrogens is 186 g/mol. The van der Waals surface area contributed by atoms with Gasteiger partial charge >= 0.3 is 0 Å². The molecule has 2 nitrogen and oxygen atoms in total. The maximum Gasteiger partial charge on any atom is 0.0702 e. The van der Waals surface area contributed by atoms with Crippen LogP contribution in [0.25, 0.3) is 0 Å². The zero-order valence-corrected chi connectivity index (χ0v) is 9.22. The summed E-state index contributed by atoms with van der Waals surface area (Å²) in [6.07, 6.45) is 4.12. The second-order valence-corrected chi connectivity index (χ2v) is 4.00. The molecule has 0 amide bonds. The fourth-order valence-corrected chi connectivity index (χ4v) is 2.05. The van der Waals surface area contributed by atoms with Crippen LogP contribution in [0.5, 0.6) is 0 Å². The molecule has 1 atom stereocenters. The summed E-state index contributed by atoms with van der Waals surface area (Å²) in [6.45, 7) is 6.37. The van der Waals surface area contributed by atoms with Crippen LogP contribution in [0.1, 0.15) is 26.2 Å². The number of alkyl halides is 1. The number of halogens is 1. The molecule has 0 aliphatic carbocycles. The van der Waals surface area contributed by atoms with E-state index in [4.69, 9.17) is 16.3 Å². The molecule has 0 radical (unpaired) electrons. The van der Waals surface area contributed by atoms with Crippen LogP contribution in [0, 0.1) is 0 Å². The maximum atomic E-state index is 5.73. The van der Waals surface area contributed by atoms with Gasteiger partial charge in [-0.1, -0.05) is 6.92 Å². The maximum absolute atomic E-state index is 5.73. The molecule has 1 unspecified atom stereocenters. The fraction of sp³-hybridized carbons (Fsp3) is 1.00. The molecule has 0 aromatic carbocycles. The first-order valence-corrected chi connectivity index (χ1v) is 5.80. The van der Waals surface area contributed by atoms with Crippen molar-refractivity contribution in [2.24, 2.45) is 0 Å². The predicted octanol–water partition coefficient (Wildman–Crippen LogP) is 2.12. The van der Waals surface area contributed by atoms with E-state index in [1.165, 1.54) is 19.3 Å². The zero-order valence-electron chi connectivity index (χ0n) is 8.47. The van der Waals surface area contributed by atoms with Crippen LogP contribution in [0.4, 0.5) is 0 Å².